The Labute approximate surface area is 166 Å². The molecule has 1 aliphatic rings. The van der Waals surface area contributed by atoms with Crippen molar-refractivity contribution in [3.05, 3.63) is 76.4 Å². The Balaban J connectivity index is 1.69. The van der Waals surface area contributed by atoms with Gasteiger partial charge in [0.25, 0.3) is 0 Å². The van der Waals surface area contributed by atoms with E-state index in [2.05, 4.69) is 10.3 Å². The molecule has 2 aromatic carbocycles. The van der Waals surface area contributed by atoms with Crippen LogP contribution in [-0.4, -0.2) is 16.8 Å². The molecule has 1 atom stereocenters. The number of aromatic nitrogens is 1. The number of nitrogens with two attached hydrogens (primary N) is 1. The Morgan fingerprint density at radius 1 is 1.22 bits per heavy atom. The van der Waals surface area contributed by atoms with Crippen molar-refractivity contribution < 1.29 is 4.79 Å². The third kappa shape index (κ3) is 3.51. The molecule has 0 bridgehead atoms. The number of allylic oxidation sites excluding steroid dienone is 1. The fourth-order valence-corrected chi connectivity index (χ4v) is 4.25. The number of nitrogens with zero attached hydrogens (tertiary/aromatic N) is 2. The van der Waals surface area contributed by atoms with Crippen molar-refractivity contribution in [2.75, 3.05) is 10.2 Å². The molecule has 0 amide bonds. The van der Waals surface area contributed by atoms with E-state index in [0.29, 0.717) is 22.3 Å². The summed E-state index contributed by atoms with van der Waals surface area (Å²) in [6.45, 7) is 0.339. The van der Waals surface area contributed by atoms with E-state index in [-0.39, 0.29) is 5.50 Å². The van der Waals surface area contributed by atoms with Crippen LogP contribution in [0.2, 0.25) is 5.02 Å². The zero-order chi connectivity index (χ0) is 18.8. The number of thioether (sulfide) groups is 1. The maximum absolute atomic E-state index is 11.3. The number of nitrogens with one attached hydrogen (secondary N) is 1. The van der Waals surface area contributed by atoms with Crippen LogP contribution >= 0.6 is 23.4 Å². The van der Waals surface area contributed by atoms with E-state index < -0.39 is 0 Å². The van der Waals surface area contributed by atoms with Gasteiger partial charge in [0.1, 0.15) is 5.82 Å². The normalized spacial score (nSPS) is 16.4. The average molecular weight is 396 g/mol. The Morgan fingerprint density at radius 3 is 2.81 bits per heavy atom. The smallest absolute Gasteiger partial charge is 0.242 e. The van der Waals surface area contributed by atoms with Gasteiger partial charge in [0, 0.05) is 24.3 Å². The molecule has 135 valence electrons. The first-order valence-electron chi connectivity index (χ1n) is 8.33. The highest BCUT2D eigenvalue weighted by Crippen LogP contribution is 2.40. The van der Waals surface area contributed by atoms with Gasteiger partial charge in [0.2, 0.25) is 6.29 Å². The van der Waals surface area contributed by atoms with Gasteiger partial charge in [-0.1, -0.05) is 59.8 Å². The molecule has 0 saturated heterocycles. The molecule has 1 aromatic heterocycles. The van der Waals surface area contributed by atoms with Crippen LogP contribution in [0.4, 0.5) is 11.5 Å². The lowest BCUT2D eigenvalue weighted by Crippen LogP contribution is -2.33. The second-order valence-corrected chi connectivity index (χ2v) is 7.51. The molecule has 3 aromatic rings. The van der Waals surface area contributed by atoms with Gasteiger partial charge in [-0.15, -0.1) is 0 Å². The first-order chi connectivity index (χ1) is 13.2. The van der Waals surface area contributed by atoms with Crippen LogP contribution < -0.4 is 16.0 Å². The van der Waals surface area contributed by atoms with Gasteiger partial charge in [-0.05, 0) is 23.1 Å². The molecular formula is C20H16ClN4OS. The minimum absolute atomic E-state index is 0.291. The first kappa shape index (κ1) is 17.9. The summed E-state index contributed by atoms with van der Waals surface area (Å²) in [6.07, 6.45) is 5.52. The van der Waals surface area contributed by atoms with Gasteiger partial charge in [-0.2, -0.15) is 0 Å². The van der Waals surface area contributed by atoms with Crippen LogP contribution in [0.5, 0.6) is 0 Å². The van der Waals surface area contributed by atoms with E-state index in [1.165, 1.54) is 11.8 Å². The summed E-state index contributed by atoms with van der Waals surface area (Å²) in [4.78, 5) is 18.1. The second-order valence-electron chi connectivity index (χ2n) is 5.99. The third-order valence-electron chi connectivity index (χ3n) is 4.30. The summed E-state index contributed by atoms with van der Waals surface area (Å²) in [5.41, 5.74) is 7.27. The van der Waals surface area contributed by atoms with E-state index in [1.54, 1.807) is 6.20 Å². The van der Waals surface area contributed by atoms with Crippen molar-refractivity contribution in [1.29, 1.82) is 0 Å². The third-order valence-corrected chi connectivity index (χ3v) is 5.61. The molecule has 1 radical (unpaired) electrons. The summed E-state index contributed by atoms with van der Waals surface area (Å²) in [5.74, 6) is 0.707. The van der Waals surface area contributed by atoms with Gasteiger partial charge in [0.05, 0.1) is 15.6 Å². The van der Waals surface area contributed by atoms with Crippen LogP contribution in [0.1, 0.15) is 5.56 Å². The van der Waals surface area contributed by atoms with Gasteiger partial charge in [-0.3, -0.25) is 4.79 Å². The SMILES string of the molecule is NCc1cccc(Cl)c1N1C=C([C]=O)SC1Nc1cc2ccccc2cn1. The minimum Gasteiger partial charge on any atom is -0.341 e. The molecule has 1 aliphatic heterocycles. The standard InChI is InChI=1S/C20H16ClN4OS/c21-17-7-3-6-14(9-22)19(17)25-11-16(12-26)27-20(25)24-18-8-13-4-1-2-5-15(13)10-23-18/h1-8,10-11,20H,9,22H2,(H,23,24). The molecule has 5 nitrogen and oxygen atoms in total. The van der Waals surface area contributed by atoms with Crippen LogP contribution in [0.3, 0.4) is 0 Å². The number of pyridine rings is 1. The van der Waals surface area contributed by atoms with Gasteiger partial charge < -0.3 is 16.0 Å². The van der Waals surface area contributed by atoms with Crippen molar-refractivity contribution in [3.63, 3.8) is 0 Å². The Bertz CT molecular complexity index is 1040. The number of benzene rings is 2. The number of anilines is 2. The average Bonchev–Trinajstić information content (AvgIpc) is 3.10. The molecular weight excluding hydrogens is 380 g/mol. The quantitative estimate of drug-likeness (QED) is 0.673. The number of fused-ring (bicyclic) bond motifs is 1. The second kappa shape index (κ2) is 7.60. The highest BCUT2D eigenvalue weighted by Gasteiger charge is 2.29. The van der Waals surface area contributed by atoms with Crippen LogP contribution in [0.15, 0.2) is 65.8 Å². The molecule has 3 N–H and O–H groups in total. The summed E-state index contributed by atoms with van der Waals surface area (Å²) in [7, 11) is 0. The van der Waals surface area contributed by atoms with E-state index in [1.807, 2.05) is 65.9 Å². The van der Waals surface area contributed by atoms with E-state index in [4.69, 9.17) is 17.3 Å². The van der Waals surface area contributed by atoms with Crippen LogP contribution in [0.25, 0.3) is 10.8 Å². The van der Waals surface area contributed by atoms with Gasteiger partial charge in [-0.25, -0.2) is 4.98 Å². The predicted octanol–water partition coefficient (Wildman–Crippen LogP) is 4.25. The molecule has 4 rings (SSSR count). The Kier molecular flexibility index (Phi) is 5.03. The van der Waals surface area contributed by atoms with Crippen molar-refractivity contribution in [1.82, 2.24) is 4.98 Å². The highest BCUT2D eigenvalue weighted by atomic mass is 35.5. The molecule has 7 heteroatoms. The molecule has 0 aliphatic carbocycles. The minimum atomic E-state index is -0.291. The lowest BCUT2D eigenvalue weighted by molar-refractivity contribution is 0.563. The highest BCUT2D eigenvalue weighted by molar-refractivity contribution is 8.04. The number of halogens is 1. The van der Waals surface area contributed by atoms with Crippen molar-refractivity contribution in [2.24, 2.45) is 5.73 Å². The zero-order valence-corrected chi connectivity index (χ0v) is 15.8. The lowest BCUT2D eigenvalue weighted by atomic mass is 10.1. The van der Waals surface area contributed by atoms with Crippen LogP contribution in [-0.2, 0) is 11.3 Å². The van der Waals surface area contributed by atoms with E-state index in [0.717, 1.165) is 22.0 Å². The topological polar surface area (TPSA) is 71.2 Å². The summed E-state index contributed by atoms with van der Waals surface area (Å²) in [6, 6.07) is 15.6. The Hall–Kier alpha value is -2.54. The molecule has 0 spiro atoms. The van der Waals surface area contributed by atoms with E-state index >= 15 is 0 Å². The number of hydrogen-bond donors (Lipinski definition) is 2. The monoisotopic (exact) mass is 395 g/mol. The van der Waals surface area contributed by atoms with Crippen molar-refractivity contribution in [2.45, 2.75) is 12.0 Å². The zero-order valence-electron chi connectivity index (χ0n) is 14.2. The fraction of sp³-hybridized carbons (Fsp3) is 0.100. The van der Waals surface area contributed by atoms with Gasteiger partial charge >= 0.3 is 0 Å². The fourth-order valence-electron chi connectivity index (χ4n) is 3.04. The molecule has 27 heavy (non-hydrogen) atoms. The predicted molar refractivity (Wildman–Crippen MR) is 112 cm³/mol. The van der Waals surface area contributed by atoms with Gasteiger partial charge in [0.15, 0.2) is 5.50 Å². The maximum atomic E-state index is 11.3. The first-order valence-corrected chi connectivity index (χ1v) is 9.59. The summed E-state index contributed by atoms with van der Waals surface area (Å²) in [5, 5.41) is 6.09. The molecule has 2 heterocycles. The van der Waals surface area contributed by atoms with Crippen LogP contribution in [0, 0.1) is 0 Å². The molecule has 0 saturated carbocycles. The van der Waals surface area contributed by atoms with Crippen molar-refractivity contribution in [3.8, 4) is 0 Å². The summed E-state index contributed by atoms with van der Waals surface area (Å²) >= 11 is 7.80. The number of carbonyl (C=O) groups excluding carboxylic acids is 1. The largest absolute Gasteiger partial charge is 0.341 e. The van der Waals surface area contributed by atoms with Crippen molar-refractivity contribution >= 4 is 51.9 Å². The maximum Gasteiger partial charge on any atom is 0.242 e. The Morgan fingerprint density at radius 2 is 2.04 bits per heavy atom. The lowest BCUT2D eigenvalue weighted by Gasteiger charge is -2.28. The number of rotatable bonds is 5. The van der Waals surface area contributed by atoms with E-state index in [9.17, 15) is 4.79 Å². The summed E-state index contributed by atoms with van der Waals surface area (Å²) < 4.78 is 0. The number of hydrogen-bond acceptors (Lipinski definition) is 6. The molecule has 1 unspecified atom stereocenters. The molecule has 0 fully saturated rings. The number of para-hydroxylation sites is 1.